The summed E-state index contributed by atoms with van der Waals surface area (Å²) >= 11 is 0. The monoisotopic (exact) mass is 694 g/mol. The van der Waals surface area contributed by atoms with Crippen LogP contribution in [0.2, 0.25) is 0 Å². The molecule has 2 atom stereocenters. The van der Waals surface area contributed by atoms with Crippen molar-refractivity contribution in [1.29, 1.82) is 0 Å². The molecular formula is C38H70CaO8. The first kappa shape index (κ1) is 50.5. The molecule has 0 aromatic heterocycles. The van der Waals surface area contributed by atoms with E-state index in [2.05, 4.69) is 13.8 Å². The van der Waals surface area contributed by atoms with E-state index in [4.69, 9.17) is 9.47 Å². The maximum atomic E-state index is 11.3. The molecule has 0 aromatic rings. The summed E-state index contributed by atoms with van der Waals surface area (Å²) in [4.78, 5) is 43.6. The average molecular weight is 695 g/mol. The molecule has 0 heterocycles. The fourth-order valence-corrected chi connectivity index (χ4v) is 5.18. The van der Waals surface area contributed by atoms with Gasteiger partial charge in [-0.05, 0) is 26.7 Å². The topological polar surface area (TPSA) is 133 Å². The smallest absolute Gasteiger partial charge is 0.546 e. The molecule has 0 rings (SSSR count). The van der Waals surface area contributed by atoms with E-state index in [1.807, 2.05) is 0 Å². The summed E-state index contributed by atoms with van der Waals surface area (Å²) in [5.41, 5.74) is 0. The van der Waals surface area contributed by atoms with E-state index in [-0.39, 0.29) is 37.7 Å². The predicted molar refractivity (Wildman–Crippen MR) is 187 cm³/mol. The Morgan fingerprint density at radius 1 is 0.404 bits per heavy atom. The molecule has 0 radical (unpaired) electrons. The van der Waals surface area contributed by atoms with Crippen LogP contribution in [0.3, 0.4) is 0 Å². The van der Waals surface area contributed by atoms with E-state index in [1.165, 1.54) is 142 Å². The number of rotatable bonds is 32. The molecule has 8 nitrogen and oxygen atoms in total. The molecular weight excluding hydrogens is 624 g/mol. The Bertz CT molecular complexity index is 670. The van der Waals surface area contributed by atoms with E-state index < -0.39 is 36.1 Å². The van der Waals surface area contributed by atoms with Crippen LogP contribution in [-0.4, -0.2) is 73.8 Å². The number of unbranched alkanes of at least 4 members (excludes halogenated alkanes) is 24. The molecule has 9 heteroatoms. The molecule has 0 aliphatic heterocycles. The van der Waals surface area contributed by atoms with Crippen LogP contribution in [0.25, 0.3) is 0 Å². The first-order valence-corrected chi connectivity index (χ1v) is 19.0. The van der Waals surface area contributed by atoms with Crippen molar-refractivity contribution in [3.63, 3.8) is 0 Å². The van der Waals surface area contributed by atoms with Gasteiger partial charge in [0.2, 0.25) is 0 Å². The van der Waals surface area contributed by atoms with Crippen LogP contribution in [0.1, 0.15) is 207 Å². The van der Waals surface area contributed by atoms with E-state index in [1.54, 1.807) is 0 Å². The predicted octanol–water partition coefficient (Wildman–Crippen LogP) is 7.92. The SMILES string of the molecule is CCCCCCCCCCCCCCCC(=O)OC(C)C(=O)[O-].CCCCCCCCCCCCCCCC(=O)OC(C)C(=O)[O-].[Ca+2]. The van der Waals surface area contributed by atoms with Gasteiger partial charge in [0.15, 0.2) is 0 Å². The van der Waals surface area contributed by atoms with E-state index in [0.29, 0.717) is 12.8 Å². The Kier molecular flexibility index (Phi) is 42.5. The summed E-state index contributed by atoms with van der Waals surface area (Å²) in [5, 5.41) is 20.9. The Morgan fingerprint density at radius 3 is 0.787 bits per heavy atom. The van der Waals surface area contributed by atoms with Gasteiger partial charge in [-0.2, -0.15) is 0 Å². The fraction of sp³-hybridized carbons (Fsp3) is 0.895. The summed E-state index contributed by atoms with van der Waals surface area (Å²) in [7, 11) is 0. The summed E-state index contributed by atoms with van der Waals surface area (Å²) in [6.07, 6.45) is 30.9. The summed E-state index contributed by atoms with van der Waals surface area (Å²) in [6.45, 7) is 7.13. The maximum absolute atomic E-state index is 11.3. The van der Waals surface area contributed by atoms with Crippen LogP contribution in [0.15, 0.2) is 0 Å². The summed E-state index contributed by atoms with van der Waals surface area (Å²) in [6, 6.07) is 0. The molecule has 0 spiro atoms. The number of esters is 2. The molecule has 0 saturated carbocycles. The number of carbonyl (C=O) groups is 4. The second kappa shape index (κ2) is 39.6. The van der Waals surface area contributed by atoms with Crippen molar-refractivity contribution in [3.05, 3.63) is 0 Å². The molecule has 0 aliphatic rings. The molecule has 0 fully saturated rings. The number of hydrogen-bond donors (Lipinski definition) is 0. The van der Waals surface area contributed by atoms with E-state index >= 15 is 0 Å². The number of carboxylic acid groups (broad SMARTS) is 2. The van der Waals surface area contributed by atoms with Gasteiger partial charge in [0.05, 0.1) is 11.9 Å². The van der Waals surface area contributed by atoms with Crippen LogP contribution < -0.4 is 10.2 Å². The van der Waals surface area contributed by atoms with Gasteiger partial charge in [0, 0.05) is 12.8 Å². The normalized spacial score (nSPS) is 11.8. The van der Waals surface area contributed by atoms with E-state index in [0.717, 1.165) is 38.5 Å². The Labute approximate surface area is 318 Å². The standard InChI is InChI=1S/2C19H36O4.Ca/c2*1-3-4-5-6-7-8-9-10-11-12-13-14-15-16-18(20)23-17(2)19(21)22;/h2*17H,3-16H2,1-2H3,(H,21,22);/q;;+2/p-2. The second-order valence-electron chi connectivity index (χ2n) is 12.9. The van der Waals surface area contributed by atoms with Gasteiger partial charge < -0.3 is 29.3 Å². The zero-order valence-corrected chi connectivity index (χ0v) is 33.1. The van der Waals surface area contributed by atoms with Crippen molar-refractivity contribution in [1.82, 2.24) is 0 Å². The van der Waals surface area contributed by atoms with Gasteiger partial charge in [-0.15, -0.1) is 0 Å². The summed E-state index contributed by atoms with van der Waals surface area (Å²) in [5.74, 6) is -3.57. The van der Waals surface area contributed by atoms with Crippen molar-refractivity contribution < 1.29 is 38.9 Å². The van der Waals surface area contributed by atoms with Crippen LogP contribution in [0, 0.1) is 0 Å². The van der Waals surface area contributed by atoms with Crippen molar-refractivity contribution >= 4 is 61.6 Å². The third kappa shape index (κ3) is 41.2. The molecule has 0 aromatic carbocycles. The molecule has 0 aliphatic carbocycles. The zero-order chi connectivity index (χ0) is 34.7. The minimum Gasteiger partial charge on any atom is -0.546 e. The van der Waals surface area contributed by atoms with Gasteiger partial charge in [-0.3, -0.25) is 9.59 Å². The number of aliphatic carboxylic acids is 2. The number of carbonyl (C=O) groups excluding carboxylic acids is 4. The van der Waals surface area contributed by atoms with Crippen LogP contribution in [0.5, 0.6) is 0 Å². The number of hydrogen-bond acceptors (Lipinski definition) is 8. The first-order valence-electron chi connectivity index (χ1n) is 19.0. The quantitative estimate of drug-likeness (QED) is 0.0394. The maximum Gasteiger partial charge on any atom is 2.00 e. The molecule has 0 saturated heterocycles. The fourth-order valence-electron chi connectivity index (χ4n) is 5.18. The Morgan fingerprint density at radius 2 is 0.596 bits per heavy atom. The molecule has 0 N–H and O–H groups in total. The van der Waals surface area contributed by atoms with E-state index in [9.17, 15) is 29.4 Å². The minimum absolute atomic E-state index is 0. The summed E-state index contributed by atoms with van der Waals surface area (Å²) < 4.78 is 9.44. The Balaban J connectivity index is -0.000000807. The first-order chi connectivity index (χ1) is 22.1. The van der Waals surface area contributed by atoms with Crippen molar-refractivity contribution in [2.24, 2.45) is 0 Å². The van der Waals surface area contributed by atoms with Gasteiger partial charge in [-0.25, -0.2) is 0 Å². The third-order valence-corrected chi connectivity index (χ3v) is 8.25. The third-order valence-electron chi connectivity index (χ3n) is 8.25. The van der Waals surface area contributed by atoms with Gasteiger partial charge in [0.1, 0.15) is 12.2 Å². The minimum atomic E-state index is -1.34. The largest absolute Gasteiger partial charge is 2.00 e. The zero-order valence-electron chi connectivity index (χ0n) is 30.9. The van der Waals surface area contributed by atoms with Crippen LogP contribution in [0.4, 0.5) is 0 Å². The van der Waals surface area contributed by atoms with Gasteiger partial charge >= 0.3 is 49.7 Å². The van der Waals surface area contributed by atoms with Crippen LogP contribution in [-0.2, 0) is 28.7 Å². The number of ether oxygens (including phenoxy) is 2. The molecule has 0 bridgehead atoms. The van der Waals surface area contributed by atoms with Gasteiger partial charge in [-0.1, -0.05) is 168 Å². The second-order valence-corrected chi connectivity index (χ2v) is 12.9. The average Bonchev–Trinajstić information content (AvgIpc) is 3.01. The molecule has 47 heavy (non-hydrogen) atoms. The van der Waals surface area contributed by atoms with Crippen molar-refractivity contribution in [3.8, 4) is 0 Å². The van der Waals surface area contributed by atoms with Crippen LogP contribution >= 0.6 is 0 Å². The molecule has 2 unspecified atom stereocenters. The Hall–Kier alpha value is -0.860. The van der Waals surface area contributed by atoms with Crippen molar-refractivity contribution in [2.75, 3.05) is 0 Å². The van der Waals surface area contributed by atoms with Crippen molar-refractivity contribution in [2.45, 2.75) is 220 Å². The molecule has 272 valence electrons. The number of carboxylic acids is 2. The molecule has 0 amide bonds. The van der Waals surface area contributed by atoms with Gasteiger partial charge in [0.25, 0.3) is 0 Å².